The number of hydrogen-bond acceptors (Lipinski definition) is 6. The lowest BCUT2D eigenvalue weighted by atomic mass is 10.3. The smallest absolute Gasteiger partial charge is 0.336 e. The first-order valence-corrected chi connectivity index (χ1v) is 10.4. The Morgan fingerprint density at radius 1 is 1.32 bits per heavy atom. The van der Waals surface area contributed by atoms with Crippen LogP contribution in [0.15, 0.2) is 15.7 Å². The fourth-order valence-corrected chi connectivity index (χ4v) is 5.63. The number of hydrogen-bond donors (Lipinski definition) is 1. The third kappa shape index (κ3) is 3.71. The van der Waals surface area contributed by atoms with Gasteiger partial charge in [-0.3, -0.25) is 4.79 Å². The van der Waals surface area contributed by atoms with E-state index in [-0.39, 0.29) is 40.8 Å². The second kappa shape index (κ2) is 7.02. The van der Waals surface area contributed by atoms with E-state index in [1.807, 2.05) is 6.92 Å². The third-order valence-corrected chi connectivity index (χ3v) is 7.71. The topological polar surface area (TPSA) is 104 Å². The number of carboxylic acids is 1. The van der Waals surface area contributed by atoms with E-state index in [1.54, 1.807) is 4.90 Å². The van der Waals surface area contributed by atoms with E-state index in [0.717, 1.165) is 17.8 Å². The number of piperazine rings is 1. The van der Waals surface area contributed by atoms with Gasteiger partial charge in [-0.1, -0.05) is 0 Å². The lowest BCUT2D eigenvalue weighted by molar-refractivity contribution is -0.134. The fourth-order valence-electron chi connectivity index (χ4n) is 2.90. The summed E-state index contributed by atoms with van der Waals surface area (Å²) in [6, 6.07) is 1.18. The normalized spacial score (nSPS) is 24.3. The first-order chi connectivity index (χ1) is 11.8. The summed E-state index contributed by atoms with van der Waals surface area (Å²) >= 11 is 0.899. The van der Waals surface area contributed by atoms with Crippen LogP contribution >= 0.6 is 11.3 Å². The van der Waals surface area contributed by atoms with Crippen molar-refractivity contribution in [2.24, 2.45) is 5.92 Å². The van der Waals surface area contributed by atoms with Crippen LogP contribution in [0.25, 0.3) is 0 Å². The van der Waals surface area contributed by atoms with Gasteiger partial charge in [0, 0.05) is 38.2 Å². The van der Waals surface area contributed by atoms with Crippen molar-refractivity contribution in [3.8, 4) is 0 Å². The summed E-state index contributed by atoms with van der Waals surface area (Å²) in [6.45, 7) is 3.57. The van der Waals surface area contributed by atoms with E-state index in [1.165, 1.54) is 15.8 Å². The standard InChI is InChI=1S/C15H20N2O6S2/c1-2-23-12-8-11(12)14(18)16-3-5-17(6-4-16)25(21,22)13-7-10(9-24-13)15(19)20/h7,9,11-12H,2-6,8H2,1H3,(H,19,20). The molecule has 1 aromatic rings. The van der Waals surface area contributed by atoms with Crippen LogP contribution in [0.3, 0.4) is 0 Å². The molecule has 3 rings (SSSR count). The molecule has 2 atom stereocenters. The van der Waals surface area contributed by atoms with Crippen LogP contribution in [0.2, 0.25) is 0 Å². The number of rotatable bonds is 6. The molecule has 1 aliphatic carbocycles. The molecule has 2 unspecified atom stereocenters. The minimum Gasteiger partial charge on any atom is -0.478 e. The molecule has 2 heterocycles. The maximum Gasteiger partial charge on any atom is 0.336 e. The highest BCUT2D eigenvalue weighted by Crippen LogP contribution is 2.35. The molecular weight excluding hydrogens is 368 g/mol. The van der Waals surface area contributed by atoms with Crippen LogP contribution in [0.1, 0.15) is 23.7 Å². The average molecular weight is 388 g/mol. The predicted octanol–water partition coefficient (Wildman–Crippen LogP) is 0.704. The molecule has 138 valence electrons. The lowest BCUT2D eigenvalue weighted by Gasteiger charge is -2.33. The Balaban J connectivity index is 1.59. The van der Waals surface area contributed by atoms with Crippen molar-refractivity contribution in [1.82, 2.24) is 9.21 Å². The van der Waals surface area contributed by atoms with Gasteiger partial charge in [-0.05, 0) is 19.4 Å². The van der Waals surface area contributed by atoms with Gasteiger partial charge in [0.1, 0.15) is 4.21 Å². The van der Waals surface area contributed by atoms with E-state index >= 15 is 0 Å². The fraction of sp³-hybridized carbons (Fsp3) is 0.600. The molecular formula is C15H20N2O6S2. The Bertz CT molecular complexity index is 767. The molecule has 1 N–H and O–H groups in total. The Hall–Kier alpha value is -1.49. The van der Waals surface area contributed by atoms with Gasteiger partial charge in [0.25, 0.3) is 10.0 Å². The first kappa shape index (κ1) is 18.3. The van der Waals surface area contributed by atoms with Gasteiger partial charge >= 0.3 is 5.97 Å². The Labute approximate surface area is 150 Å². The number of thiophene rings is 1. The van der Waals surface area contributed by atoms with Crippen LogP contribution in [0.4, 0.5) is 0 Å². The molecule has 1 saturated heterocycles. The first-order valence-electron chi connectivity index (χ1n) is 8.07. The minimum atomic E-state index is -3.72. The minimum absolute atomic E-state index is 0.000166. The van der Waals surface area contributed by atoms with Crippen LogP contribution in [0, 0.1) is 5.92 Å². The summed E-state index contributed by atoms with van der Waals surface area (Å²) in [5, 5.41) is 10.2. The second-order valence-electron chi connectivity index (χ2n) is 6.02. The quantitative estimate of drug-likeness (QED) is 0.769. The Kier molecular flexibility index (Phi) is 5.14. The molecule has 10 heteroatoms. The SMILES string of the molecule is CCOC1CC1C(=O)N1CCN(S(=O)(=O)c2cc(C(=O)O)cs2)CC1. The van der Waals surface area contributed by atoms with E-state index in [0.29, 0.717) is 19.7 Å². The summed E-state index contributed by atoms with van der Waals surface area (Å²) in [6.07, 6.45) is 0.734. The molecule has 0 aromatic carbocycles. The lowest BCUT2D eigenvalue weighted by Crippen LogP contribution is -2.51. The van der Waals surface area contributed by atoms with Crippen LogP contribution in [-0.4, -0.2) is 73.5 Å². The van der Waals surface area contributed by atoms with Crippen LogP contribution < -0.4 is 0 Å². The molecule has 0 bridgehead atoms. The van der Waals surface area contributed by atoms with Crippen molar-refractivity contribution < 1.29 is 27.9 Å². The van der Waals surface area contributed by atoms with Crippen LogP contribution in [0.5, 0.6) is 0 Å². The predicted molar refractivity (Wildman–Crippen MR) is 90.1 cm³/mol. The number of sulfonamides is 1. The molecule has 1 amide bonds. The average Bonchev–Trinajstić information content (AvgIpc) is 3.16. The molecule has 8 nitrogen and oxygen atoms in total. The number of ether oxygens (including phenoxy) is 1. The second-order valence-corrected chi connectivity index (χ2v) is 9.10. The van der Waals surface area contributed by atoms with Gasteiger partial charge < -0.3 is 14.7 Å². The summed E-state index contributed by atoms with van der Waals surface area (Å²) in [5.74, 6) is -1.22. The molecule has 25 heavy (non-hydrogen) atoms. The number of carbonyl (C=O) groups excluding carboxylic acids is 1. The van der Waals surface area contributed by atoms with E-state index in [2.05, 4.69) is 0 Å². The third-order valence-electron chi connectivity index (χ3n) is 4.40. The molecule has 1 aromatic heterocycles. The summed E-state index contributed by atoms with van der Waals surface area (Å²) in [7, 11) is -3.72. The molecule has 0 spiro atoms. The zero-order chi connectivity index (χ0) is 18.2. The van der Waals surface area contributed by atoms with Gasteiger partial charge in [0.05, 0.1) is 17.6 Å². The number of nitrogens with zero attached hydrogens (tertiary/aromatic N) is 2. The molecule has 0 radical (unpaired) electrons. The zero-order valence-electron chi connectivity index (χ0n) is 13.8. The highest BCUT2D eigenvalue weighted by atomic mass is 32.2. The molecule has 1 saturated carbocycles. The Morgan fingerprint density at radius 3 is 2.56 bits per heavy atom. The van der Waals surface area contributed by atoms with E-state index in [9.17, 15) is 18.0 Å². The Morgan fingerprint density at radius 2 is 2.00 bits per heavy atom. The molecule has 2 aliphatic rings. The zero-order valence-corrected chi connectivity index (χ0v) is 15.4. The van der Waals surface area contributed by atoms with Crippen molar-refractivity contribution in [3.63, 3.8) is 0 Å². The van der Waals surface area contributed by atoms with Crippen molar-refractivity contribution in [1.29, 1.82) is 0 Å². The molecule has 2 fully saturated rings. The van der Waals surface area contributed by atoms with E-state index < -0.39 is 16.0 Å². The number of aromatic carboxylic acids is 1. The van der Waals surface area contributed by atoms with Crippen LogP contribution in [-0.2, 0) is 19.6 Å². The number of amides is 1. The van der Waals surface area contributed by atoms with Gasteiger partial charge in [0.15, 0.2) is 0 Å². The number of carbonyl (C=O) groups is 2. The van der Waals surface area contributed by atoms with E-state index in [4.69, 9.17) is 9.84 Å². The number of carboxylic acid groups (broad SMARTS) is 1. The maximum absolute atomic E-state index is 12.6. The van der Waals surface area contributed by atoms with Crippen molar-refractivity contribution in [2.75, 3.05) is 32.8 Å². The van der Waals surface area contributed by atoms with Gasteiger partial charge in [-0.25, -0.2) is 13.2 Å². The van der Waals surface area contributed by atoms with Gasteiger partial charge in [-0.15, -0.1) is 11.3 Å². The van der Waals surface area contributed by atoms with Gasteiger partial charge in [-0.2, -0.15) is 4.31 Å². The maximum atomic E-state index is 12.6. The van der Waals surface area contributed by atoms with Gasteiger partial charge in [0.2, 0.25) is 5.91 Å². The molecule has 1 aliphatic heterocycles. The van der Waals surface area contributed by atoms with Crippen molar-refractivity contribution >= 4 is 33.2 Å². The highest BCUT2D eigenvalue weighted by Gasteiger charge is 2.46. The van der Waals surface area contributed by atoms with Crippen molar-refractivity contribution in [2.45, 2.75) is 23.7 Å². The highest BCUT2D eigenvalue weighted by molar-refractivity contribution is 7.91. The monoisotopic (exact) mass is 388 g/mol. The summed E-state index contributed by atoms with van der Waals surface area (Å²) < 4.78 is 32.0. The summed E-state index contributed by atoms with van der Waals surface area (Å²) in [5.41, 5.74) is -0.0342. The summed E-state index contributed by atoms with van der Waals surface area (Å²) in [4.78, 5) is 25.0. The van der Waals surface area contributed by atoms with Crippen molar-refractivity contribution in [3.05, 3.63) is 17.0 Å². The largest absolute Gasteiger partial charge is 0.478 e.